The molecule has 2 N–H and O–H groups in total. The van der Waals surface area contributed by atoms with Gasteiger partial charge in [0.2, 0.25) is 0 Å². The molecule has 0 radical (unpaired) electrons. The van der Waals surface area contributed by atoms with Gasteiger partial charge in [-0.1, -0.05) is 0 Å². The molecular weight excluding hydrogens is 230 g/mol. The molecular formula is C13H15N3O2. The average Bonchev–Trinajstić information content (AvgIpc) is 2.86. The van der Waals surface area contributed by atoms with Crippen LogP contribution in [0.1, 0.15) is 6.42 Å². The van der Waals surface area contributed by atoms with E-state index in [0.717, 1.165) is 19.6 Å². The summed E-state index contributed by atoms with van der Waals surface area (Å²) in [6.07, 6.45) is 2.61. The fraction of sp³-hybridized carbons (Fsp3) is 0.385. The van der Waals surface area contributed by atoms with E-state index in [9.17, 15) is 4.79 Å². The standard InChI is InChI=1S/C13H15N3O2/c14-10-1-2-12-11(5-10)13(17)16(8-15-12)6-9-3-4-18-7-9/h1-2,5,8-9H,3-4,6-7,14H2. The lowest BCUT2D eigenvalue weighted by Gasteiger charge is -2.10. The van der Waals surface area contributed by atoms with Crippen LogP contribution in [0.4, 0.5) is 5.69 Å². The van der Waals surface area contributed by atoms with E-state index >= 15 is 0 Å². The van der Waals surface area contributed by atoms with Crippen LogP contribution in [0.2, 0.25) is 0 Å². The van der Waals surface area contributed by atoms with E-state index in [-0.39, 0.29) is 5.56 Å². The molecule has 2 aromatic rings. The fourth-order valence-electron chi connectivity index (χ4n) is 2.31. The molecule has 18 heavy (non-hydrogen) atoms. The Morgan fingerprint density at radius 3 is 3.17 bits per heavy atom. The molecule has 0 bridgehead atoms. The first-order valence-electron chi connectivity index (χ1n) is 6.06. The maximum Gasteiger partial charge on any atom is 0.261 e. The van der Waals surface area contributed by atoms with Crippen LogP contribution in [0.5, 0.6) is 0 Å². The molecule has 1 aromatic carbocycles. The van der Waals surface area contributed by atoms with Crippen LogP contribution in [0.25, 0.3) is 10.9 Å². The van der Waals surface area contributed by atoms with Gasteiger partial charge in [-0.05, 0) is 24.6 Å². The van der Waals surface area contributed by atoms with Crippen molar-refractivity contribution in [2.75, 3.05) is 18.9 Å². The van der Waals surface area contributed by atoms with Crippen LogP contribution >= 0.6 is 0 Å². The van der Waals surface area contributed by atoms with Gasteiger partial charge in [0.1, 0.15) is 0 Å². The summed E-state index contributed by atoms with van der Waals surface area (Å²) in [5.74, 6) is 0.406. The van der Waals surface area contributed by atoms with E-state index in [4.69, 9.17) is 10.5 Å². The van der Waals surface area contributed by atoms with Gasteiger partial charge in [0.05, 0.1) is 23.8 Å². The molecule has 2 heterocycles. The van der Waals surface area contributed by atoms with Crippen molar-refractivity contribution < 1.29 is 4.74 Å². The second-order valence-electron chi connectivity index (χ2n) is 4.71. The molecule has 1 saturated heterocycles. The third-order valence-corrected chi connectivity index (χ3v) is 3.33. The highest BCUT2D eigenvalue weighted by molar-refractivity contribution is 5.80. The third kappa shape index (κ3) is 1.97. The summed E-state index contributed by atoms with van der Waals surface area (Å²) >= 11 is 0. The number of fused-ring (bicyclic) bond motifs is 1. The Kier molecular flexibility index (Phi) is 2.76. The highest BCUT2D eigenvalue weighted by Crippen LogP contribution is 2.15. The van der Waals surface area contributed by atoms with Crippen LogP contribution in [0, 0.1) is 5.92 Å². The molecule has 0 saturated carbocycles. The molecule has 94 valence electrons. The number of nitrogen functional groups attached to an aromatic ring is 1. The van der Waals surface area contributed by atoms with E-state index in [2.05, 4.69) is 4.98 Å². The molecule has 1 unspecified atom stereocenters. The van der Waals surface area contributed by atoms with Crippen LogP contribution in [-0.2, 0) is 11.3 Å². The van der Waals surface area contributed by atoms with Crippen molar-refractivity contribution in [2.24, 2.45) is 5.92 Å². The number of ether oxygens (including phenoxy) is 1. The average molecular weight is 245 g/mol. The zero-order valence-corrected chi connectivity index (χ0v) is 10.0. The number of benzene rings is 1. The van der Waals surface area contributed by atoms with Gasteiger partial charge >= 0.3 is 0 Å². The van der Waals surface area contributed by atoms with Crippen molar-refractivity contribution in [3.05, 3.63) is 34.9 Å². The molecule has 1 fully saturated rings. The van der Waals surface area contributed by atoms with Crippen molar-refractivity contribution in [3.63, 3.8) is 0 Å². The fourth-order valence-corrected chi connectivity index (χ4v) is 2.31. The first-order chi connectivity index (χ1) is 8.74. The molecule has 1 aromatic heterocycles. The first-order valence-corrected chi connectivity index (χ1v) is 6.06. The van der Waals surface area contributed by atoms with Crippen LogP contribution < -0.4 is 11.3 Å². The van der Waals surface area contributed by atoms with Crippen molar-refractivity contribution >= 4 is 16.6 Å². The smallest absolute Gasteiger partial charge is 0.261 e. The summed E-state index contributed by atoms with van der Waals surface area (Å²) in [6, 6.07) is 5.21. The lowest BCUT2D eigenvalue weighted by Crippen LogP contribution is -2.24. The minimum absolute atomic E-state index is 0.0285. The van der Waals surface area contributed by atoms with E-state index in [1.54, 1.807) is 29.1 Å². The maximum absolute atomic E-state index is 12.3. The molecule has 0 spiro atoms. The molecule has 1 atom stereocenters. The quantitative estimate of drug-likeness (QED) is 0.802. The summed E-state index contributed by atoms with van der Waals surface area (Å²) < 4.78 is 6.97. The number of anilines is 1. The highest BCUT2D eigenvalue weighted by atomic mass is 16.5. The lowest BCUT2D eigenvalue weighted by molar-refractivity contribution is 0.182. The van der Waals surface area contributed by atoms with E-state index in [1.165, 1.54) is 0 Å². The van der Waals surface area contributed by atoms with Gasteiger partial charge in [0, 0.05) is 24.8 Å². The molecule has 5 nitrogen and oxygen atoms in total. The maximum atomic E-state index is 12.3. The van der Waals surface area contributed by atoms with Crippen molar-refractivity contribution in [1.29, 1.82) is 0 Å². The summed E-state index contributed by atoms with van der Waals surface area (Å²) in [7, 11) is 0. The van der Waals surface area contributed by atoms with Gasteiger partial charge in [-0.3, -0.25) is 9.36 Å². The molecule has 1 aliphatic heterocycles. The Morgan fingerprint density at radius 2 is 2.39 bits per heavy atom. The molecule has 0 amide bonds. The van der Waals surface area contributed by atoms with Gasteiger partial charge in [0.15, 0.2) is 0 Å². The van der Waals surface area contributed by atoms with Crippen LogP contribution in [0.3, 0.4) is 0 Å². The summed E-state index contributed by atoms with van der Waals surface area (Å²) in [4.78, 5) is 16.6. The summed E-state index contributed by atoms with van der Waals surface area (Å²) in [6.45, 7) is 2.17. The van der Waals surface area contributed by atoms with Crippen molar-refractivity contribution in [3.8, 4) is 0 Å². The Bertz CT molecular complexity index is 630. The van der Waals surface area contributed by atoms with Crippen LogP contribution in [-0.4, -0.2) is 22.8 Å². The lowest BCUT2D eigenvalue weighted by atomic mass is 10.1. The number of hydrogen-bond donors (Lipinski definition) is 1. The second-order valence-corrected chi connectivity index (χ2v) is 4.71. The largest absolute Gasteiger partial charge is 0.399 e. The molecule has 0 aliphatic carbocycles. The summed E-state index contributed by atoms with van der Waals surface area (Å²) in [5.41, 5.74) is 6.96. The molecule has 5 heteroatoms. The van der Waals surface area contributed by atoms with Gasteiger partial charge in [-0.2, -0.15) is 0 Å². The predicted octanol–water partition coefficient (Wildman–Crippen LogP) is 1.02. The highest BCUT2D eigenvalue weighted by Gasteiger charge is 2.17. The molecule has 3 rings (SSSR count). The van der Waals surface area contributed by atoms with E-state index in [1.807, 2.05) is 0 Å². The normalized spacial score (nSPS) is 19.4. The van der Waals surface area contributed by atoms with E-state index < -0.39 is 0 Å². The second kappa shape index (κ2) is 4.42. The van der Waals surface area contributed by atoms with Gasteiger partial charge in [0.25, 0.3) is 5.56 Å². The predicted molar refractivity (Wildman–Crippen MR) is 69.3 cm³/mol. The Balaban J connectivity index is 2.02. The third-order valence-electron chi connectivity index (χ3n) is 3.33. The van der Waals surface area contributed by atoms with Crippen molar-refractivity contribution in [1.82, 2.24) is 9.55 Å². The zero-order valence-electron chi connectivity index (χ0n) is 10.0. The Morgan fingerprint density at radius 1 is 1.50 bits per heavy atom. The number of aromatic nitrogens is 2. The Hall–Kier alpha value is -1.88. The SMILES string of the molecule is Nc1ccc2ncn(CC3CCOC3)c(=O)c2c1. The first kappa shape index (κ1) is 11.2. The molecule has 1 aliphatic rings. The van der Waals surface area contributed by atoms with Gasteiger partial charge in [-0.15, -0.1) is 0 Å². The topological polar surface area (TPSA) is 70.1 Å². The van der Waals surface area contributed by atoms with Gasteiger partial charge < -0.3 is 10.5 Å². The minimum atomic E-state index is -0.0285. The minimum Gasteiger partial charge on any atom is -0.399 e. The number of hydrogen-bond acceptors (Lipinski definition) is 4. The number of nitrogens with two attached hydrogens (primary N) is 1. The zero-order chi connectivity index (χ0) is 12.5. The van der Waals surface area contributed by atoms with Gasteiger partial charge in [-0.25, -0.2) is 4.98 Å². The number of rotatable bonds is 2. The van der Waals surface area contributed by atoms with Crippen LogP contribution in [0.15, 0.2) is 29.3 Å². The monoisotopic (exact) mass is 245 g/mol. The van der Waals surface area contributed by atoms with E-state index in [0.29, 0.717) is 29.1 Å². The Labute approximate surface area is 104 Å². The summed E-state index contributed by atoms with van der Waals surface area (Å²) in [5, 5.41) is 0.580. The number of nitrogens with zero attached hydrogens (tertiary/aromatic N) is 2. The van der Waals surface area contributed by atoms with Crippen molar-refractivity contribution in [2.45, 2.75) is 13.0 Å².